The van der Waals surface area contributed by atoms with E-state index in [4.69, 9.17) is 55.9 Å². The van der Waals surface area contributed by atoms with Crippen molar-refractivity contribution in [3.05, 3.63) is 96.3 Å². The Morgan fingerprint density at radius 1 is 0.944 bits per heavy atom. The van der Waals surface area contributed by atoms with Crippen molar-refractivity contribution >= 4 is 81.4 Å². The van der Waals surface area contributed by atoms with E-state index in [1.165, 1.54) is 31.4 Å². The Balaban J connectivity index is 1.59. The third-order valence-corrected chi connectivity index (χ3v) is 7.32. The highest BCUT2D eigenvalue weighted by Crippen LogP contribution is 2.40. The van der Waals surface area contributed by atoms with E-state index in [9.17, 15) is 14.4 Å². The van der Waals surface area contributed by atoms with Gasteiger partial charge in [0.15, 0.2) is 11.5 Å². The first-order valence-electron chi connectivity index (χ1n) is 10.2. The van der Waals surface area contributed by atoms with Gasteiger partial charge < -0.3 is 9.47 Å². The third kappa shape index (κ3) is 5.51. The Morgan fingerprint density at radius 3 is 2.28 bits per heavy atom. The average Bonchev–Trinajstić information content (AvgIpc) is 3.10. The van der Waals surface area contributed by atoms with E-state index in [0.717, 1.165) is 16.7 Å². The first kappa shape index (κ1) is 26.4. The quantitative estimate of drug-likeness (QED) is 0.168. The summed E-state index contributed by atoms with van der Waals surface area (Å²) in [6.07, 6.45) is 1.49. The minimum Gasteiger partial charge on any atom is -0.493 e. The number of nitrogens with zero attached hydrogens (tertiary/aromatic N) is 1. The van der Waals surface area contributed by atoms with Gasteiger partial charge in [-0.2, -0.15) is 0 Å². The largest absolute Gasteiger partial charge is 0.493 e. The van der Waals surface area contributed by atoms with Gasteiger partial charge in [-0.05, 0) is 59.8 Å². The minimum absolute atomic E-state index is 0.0114. The molecule has 0 aliphatic carbocycles. The summed E-state index contributed by atoms with van der Waals surface area (Å²) in [6.45, 7) is -0.0679. The van der Waals surface area contributed by atoms with Gasteiger partial charge in [0, 0.05) is 15.6 Å². The Hall–Kier alpha value is -2.68. The fourth-order valence-corrected chi connectivity index (χ4v) is 5.15. The molecule has 1 heterocycles. The number of carbonyl (C=O) groups excluding carboxylic acids is 3. The zero-order valence-electron chi connectivity index (χ0n) is 18.4. The zero-order chi connectivity index (χ0) is 26.0. The minimum atomic E-state index is -0.715. The SMILES string of the molecule is COc1cc(/C=C2\SC(=O)N(Cc3c(Cl)cccc3Cl)C2=O)cc(Cl)c1OC(=O)c1ccccc1Cl. The number of esters is 1. The van der Waals surface area contributed by atoms with Crippen molar-refractivity contribution < 1.29 is 23.9 Å². The number of thioether (sulfide) groups is 1. The van der Waals surface area contributed by atoms with E-state index < -0.39 is 17.1 Å². The standard InChI is InChI=1S/C25H15Cl4NO5S/c1-34-20-10-13(9-19(29)22(20)35-24(32)14-5-2-3-6-16(14)26)11-21-23(31)30(25(33)36-21)12-15-17(27)7-4-8-18(15)28/h2-11H,12H2,1H3/b21-11-. The number of benzene rings is 3. The third-order valence-electron chi connectivity index (χ3n) is 5.09. The van der Waals surface area contributed by atoms with Gasteiger partial charge in [0.1, 0.15) is 0 Å². The van der Waals surface area contributed by atoms with E-state index >= 15 is 0 Å². The predicted molar refractivity (Wildman–Crippen MR) is 142 cm³/mol. The Kier molecular flexibility index (Phi) is 8.17. The summed E-state index contributed by atoms with van der Waals surface area (Å²) >= 11 is 25.6. The lowest BCUT2D eigenvalue weighted by Gasteiger charge is -2.15. The lowest BCUT2D eigenvalue weighted by Crippen LogP contribution is -2.27. The van der Waals surface area contributed by atoms with Crippen molar-refractivity contribution in [3.8, 4) is 11.5 Å². The van der Waals surface area contributed by atoms with Gasteiger partial charge in [0.25, 0.3) is 11.1 Å². The van der Waals surface area contributed by atoms with Crippen LogP contribution in [0, 0.1) is 0 Å². The highest BCUT2D eigenvalue weighted by atomic mass is 35.5. The van der Waals surface area contributed by atoms with Crippen LogP contribution in [0.4, 0.5) is 4.79 Å². The monoisotopic (exact) mass is 581 g/mol. The highest BCUT2D eigenvalue weighted by Gasteiger charge is 2.36. The maximum atomic E-state index is 13.0. The molecule has 3 aromatic carbocycles. The second-order valence-corrected chi connectivity index (χ2v) is 9.99. The fourth-order valence-electron chi connectivity index (χ4n) is 3.33. The molecule has 0 saturated carbocycles. The van der Waals surface area contributed by atoms with Crippen molar-refractivity contribution in [2.24, 2.45) is 0 Å². The number of methoxy groups -OCH3 is 1. The molecule has 0 bridgehead atoms. The Labute approximate surface area is 230 Å². The molecule has 1 fully saturated rings. The predicted octanol–water partition coefficient (Wildman–Crippen LogP) is 7.76. The summed E-state index contributed by atoms with van der Waals surface area (Å²) in [5, 5.41) is 0.518. The molecule has 1 aliphatic rings. The molecule has 2 amide bonds. The van der Waals surface area contributed by atoms with Crippen molar-refractivity contribution in [1.29, 1.82) is 0 Å². The summed E-state index contributed by atoms with van der Waals surface area (Å²) in [7, 11) is 1.38. The summed E-state index contributed by atoms with van der Waals surface area (Å²) in [6, 6.07) is 14.4. The van der Waals surface area contributed by atoms with Gasteiger partial charge in [-0.25, -0.2) is 4.79 Å². The molecule has 0 N–H and O–H groups in total. The maximum Gasteiger partial charge on any atom is 0.345 e. The second-order valence-electron chi connectivity index (χ2n) is 7.37. The fraction of sp³-hybridized carbons (Fsp3) is 0.0800. The number of amides is 2. The molecule has 0 spiro atoms. The average molecular weight is 583 g/mol. The first-order chi connectivity index (χ1) is 17.2. The first-order valence-corrected chi connectivity index (χ1v) is 12.5. The van der Waals surface area contributed by atoms with Crippen LogP contribution in [-0.4, -0.2) is 29.1 Å². The van der Waals surface area contributed by atoms with E-state index in [-0.39, 0.29) is 38.6 Å². The van der Waals surface area contributed by atoms with E-state index in [1.807, 2.05) is 0 Å². The molecule has 1 saturated heterocycles. The Morgan fingerprint density at radius 2 is 1.61 bits per heavy atom. The number of hydrogen-bond acceptors (Lipinski definition) is 6. The molecule has 3 aromatic rings. The van der Waals surface area contributed by atoms with Crippen LogP contribution in [0.1, 0.15) is 21.5 Å². The number of carbonyl (C=O) groups is 3. The van der Waals surface area contributed by atoms with Crippen molar-refractivity contribution in [3.63, 3.8) is 0 Å². The smallest absolute Gasteiger partial charge is 0.345 e. The zero-order valence-corrected chi connectivity index (χ0v) is 22.2. The molecule has 0 aromatic heterocycles. The Bertz CT molecular complexity index is 1410. The van der Waals surface area contributed by atoms with E-state index in [0.29, 0.717) is 21.2 Å². The maximum absolute atomic E-state index is 13.0. The molecule has 0 unspecified atom stereocenters. The van der Waals surface area contributed by atoms with Crippen LogP contribution in [0.25, 0.3) is 6.08 Å². The van der Waals surface area contributed by atoms with Crippen molar-refractivity contribution in [2.75, 3.05) is 7.11 Å². The molecule has 184 valence electrons. The van der Waals surface area contributed by atoms with Gasteiger partial charge in [0.2, 0.25) is 0 Å². The van der Waals surface area contributed by atoms with Gasteiger partial charge >= 0.3 is 5.97 Å². The molecule has 36 heavy (non-hydrogen) atoms. The van der Waals surface area contributed by atoms with Crippen LogP contribution in [0.5, 0.6) is 11.5 Å². The lowest BCUT2D eigenvalue weighted by molar-refractivity contribution is -0.123. The number of halogens is 4. The van der Waals surface area contributed by atoms with Gasteiger partial charge in [-0.3, -0.25) is 14.5 Å². The van der Waals surface area contributed by atoms with Gasteiger partial charge in [-0.1, -0.05) is 64.6 Å². The highest BCUT2D eigenvalue weighted by molar-refractivity contribution is 8.18. The molecule has 0 radical (unpaired) electrons. The number of rotatable bonds is 6. The molecule has 0 atom stereocenters. The number of hydrogen-bond donors (Lipinski definition) is 0. The van der Waals surface area contributed by atoms with Crippen molar-refractivity contribution in [1.82, 2.24) is 4.90 Å². The lowest BCUT2D eigenvalue weighted by atomic mass is 10.1. The van der Waals surface area contributed by atoms with Crippen LogP contribution >= 0.6 is 58.2 Å². The summed E-state index contributed by atoms with van der Waals surface area (Å²) in [5.41, 5.74) is 1.09. The van der Waals surface area contributed by atoms with Crippen LogP contribution in [0.2, 0.25) is 20.1 Å². The van der Waals surface area contributed by atoms with E-state index in [2.05, 4.69) is 0 Å². The van der Waals surface area contributed by atoms with Gasteiger partial charge in [-0.15, -0.1) is 0 Å². The molecular formula is C25H15Cl4NO5S. The molecule has 6 nitrogen and oxygen atoms in total. The van der Waals surface area contributed by atoms with Gasteiger partial charge in [0.05, 0.1) is 34.2 Å². The normalized spacial score (nSPS) is 14.5. The summed E-state index contributed by atoms with van der Waals surface area (Å²) in [4.78, 5) is 39.3. The number of imide groups is 1. The molecule has 4 rings (SSSR count). The second kappa shape index (κ2) is 11.2. The summed E-state index contributed by atoms with van der Waals surface area (Å²) < 4.78 is 10.8. The topological polar surface area (TPSA) is 72.9 Å². The van der Waals surface area contributed by atoms with Crippen LogP contribution in [-0.2, 0) is 11.3 Å². The van der Waals surface area contributed by atoms with Crippen LogP contribution < -0.4 is 9.47 Å². The molecule has 11 heteroatoms. The van der Waals surface area contributed by atoms with E-state index in [1.54, 1.807) is 36.4 Å². The summed E-state index contributed by atoms with van der Waals surface area (Å²) in [5.74, 6) is -1.09. The van der Waals surface area contributed by atoms with Crippen LogP contribution in [0.15, 0.2) is 59.5 Å². The van der Waals surface area contributed by atoms with Crippen LogP contribution in [0.3, 0.4) is 0 Å². The van der Waals surface area contributed by atoms with Crippen molar-refractivity contribution in [2.45, 2.75) is 6.54 Å². The number of ether oxygens (including phenoxy) is 2. The molecular weight excluding hydrogens is 568 g/mol. The molecule has 1 aliphatic heterocycles.